The van der Waals surface area contributed by atoms with Crippen molar-refractivity contribution in [3.8, 4) is 0 Å². The molecule has 178 valence electrons. The van der Waals surface area contributed by atoms with Crippen molar-refractivity contribution in [1.29, 1.82) is 0 Å². The molecule has 1 aliphatic heterocycles. The first kappa shape index (κ1) is 22.5. The number of likely N-dealkylation sites (N-methyl/N-ethyl adjacent to an activating group) is 1. The van der Waals surface area contributed by atoms with Crippen LogP contribution in [-0.2, 0) is 9.59 Å². The van der Waals surface area contributed by atoms with Gasteiger partial charge in [0.2, 0.25) is 11.8 Å². The van der Waals surface area contributed by atoms with E-state index in [1.807, 2.05) is 18.0 Å². The van der Waals surface area contributed by atoms with Crippen molar-refractivity contribution in [2.24, 2.45) is 40.4 Å². The fourth-order valence-electron chi connectivity index (χ4n) is 9.15. The molecule has 0 aromatic rings. The average molecular weight is 441 g/mol. The van der Waals surface area contributed by atoms with Crippen molar-refractivity contribution in [2.45, 2.75) is 96.9 Å². The van der Waals surface area contributed by atoms with Gasteiger partial charge in [-0.2, -0.15) is 0 Å². The second kappa shape index (κ2) is 8.47. The average Bonchev–Trinajstić information content (AvgIpc) is 3.12. The Morgan fingerprint density at radius 1 is 1.03 bits per heavy atom. The quantitative estimate of drug-likeness (QED) is 0.642. The van der Waals surface area contributed by atoms with E-state index >= 15 is 0 Å². The minimum Gasteiger partial charge on any atom is -0.356 e. The van der Waals surface area contributed by atoms with Gasteiger partial charge in [0.05, 0.1) is 0 Å². The zero-order valence-electron chi connectivity index (χ0n) is 20.6. The molecule has 1 heterocycles. The summed E-state index contributed by atoms with van der Waals surface area (Å²) in [4.78, 5) is 27.0. The van der Waals surface area contributed by atoms with E-state index in [1.54, 1.807) is 0 Å². The number of fused-ring (bicyclic) bond motifs is 5. The van der Waals surface area contributed by atoms with Crippen LogP contribution in [0.5, 0.6) is 0 Å². The van der Waals surface area contributed by atoms with Gasteiger partial charge in [0, 0.05) is 31.5 Å². The molecule has 4 saturated carbocycles. The van der Waals surface area contributed by atoms with E-state index in [0.29, 0.717) is 35.1 Å². The van der Waals surface area contributed by atoms with Crippen LogP contribution in [0, 0.1) is 40.4 Å². The highest BCUT2D eigenvalue weighted by Crippen LogP contribution is 2.65. The summed E-state index contributed by atoms with van der Waals surface area (Å²) in [7, 11) is 2.00. The van der Waals surface area contributed by atoms with Crippen LogP contribution in [0.3, 0.4) is 0 Å². The summed E-state index contributed by atoms with van der Waals surface area (Å²) in [5.74, 6) is 3.95. The minimum atomic E-state index is 0.124. The van der Waals surface area contributed by atoms with E-state index in [0.717, 1.165) is 31.2 Å². The Morgan fingerprint density at radius 3 is 2.59 bits per heavy atom. The van der Waals surface area contributed by atoms with Crippen LogP contribution in [0.15, 0.2) is 12.2 Å². The number of nitrogens with zero attached hydrogens (tertiary/aromatic N) is 1. The van der Waals surface area contributed by atoms with E-state index < -0.39 is 0 Å². The molecule has 0 unspecified atom stereocenters. The Kier molecular flexibility index (Phi) is 5.95. The first-order valence-corrected chi connectivity index (χ1v) is 13.6. The predicted octanol–water partition coefficient (Wildman–Crippen LogP) is 5.33. The highest BCUT2D eigenvalue weighted by atomic mass is 16.2. The Morgan fingerprint density at radius 2 is 1.81 bits per heavy atom. The van der Waals surface area contributed by atoms with Gasteiger partial charge in [0.1, 0.15) is 0 Å². The number of hydrogen-bond acceptors (Lipinski definition) is 2. The van der Waals surface area contributed by atoms with Crippen molar-refractivity contribution < 1.29 is 9.59 Å². The Labute approximate surface area is 195 Å². The number of amides is 2. The lowest BCUT2D eigenvalue weighted by Crippen LogP contribution is -2.59. The zero-order valence-corrected chi connectivity index (χ0v) is 20.6. The molecule has 0 aromatic heterocycles. The summed E-state index contributed by atoms with van der Waals surface area (Å²) in [5, 5.41) is 3.37. The second-order valence-corrected chi connectivity index (χ2v) is 12.4. The molecule has 5 rings (SSSR count). The molecule has 0 radical (unpaired) electrons. The third-order valence-electron chi connectivity index (χ3n) is 11.1. The molecule has 2 amide bonds. The zero-order chi connectivity index (χ0) is 22.5. The number of nitrogens with one attached hydrogen (secondary N) is 1. The molecule has 1 N–H and O–H groups in total. The highest BCUT2D eigenvalue weighted by molar-refractivity contribution is 5.89. The van der Waals surface area contributed by atoms with Crippen LogP contribution in [0.2, 0.25) is 0 Å². The molecule has 4 aliphatic carbocycles. The maximum absolute atomic E-state index is 12.7. The predicted molar refractivity (Wildman–Crippen MR) is 128 cm³/mol. The SMILES string of the molecule is CN1C(=O)C=C[C@]2(C)[C@H]3CC[C@]4(C)[C@@H](CNC(=O)CC5CCCCC5)CC[C@H]4[C@@H]3CC[C@@H]12. The third kappa shape index (κ3) is 3.64. The lowest BCUT2D eigenvalue weighted by molar-refractivity contribution is -0.139. The van der Waals surface area contributed by atoms with Crippen LogP contribution in [0.4, 0.5) is 0 Å². The standard InChI is InChI=1S/C28H44N2O2/c1-27-15-13-23-21(10-12-24-28(23,2)16-14-26(32)30(24)3)22(27)11-9-20(27)18-29-25(31)17-19-7-5-4-6-8-19/h14,16,19-24H,4-13,15,17-18H2,1-3H3,(H,29,31)/t20-,21+,22+,23+,24-,27-,28-/m1/s1. The normalized spacial score (nSPS) is 44.0. The summed E-state index contributed by atoms with van der Waals surface area (Å²) in [6.45, 7) is 5.85. The Hall–Kier alpha value is -1.32. The van der Waals surface area contributed by atoms with Crippen LogP contribution in [-0.4, -0.2) is 36.3 Å². The summed E-state index contributed by atoms with van der Waals surface area (Å²) in [6, 6.07) is 0.363. The van der Waals surface area contributed by atoms with Gasteiger partial charge in [-0.3, -0.25) is 9.59 Å². The number of rotatable bonds is 4. The van der Waals surface area contributed by atoms with Crippen molar-refractivity contribution in [3.63, 3.8) is 0 Å². The first-order valence-electron chi connectivity index (χ1n) is 13.6. The monoisotopic (exact) mass is 440 g/mol. The van der Waals surface area contributed by atoms with E-state index in [4.69, 9.17) is 0 Å². The lowest BCUT2D eigenvalue weighted by atomic mass is 9.47. The van der Waals surface area contributed by atoms with Crippen molar-refractivity contribution in [3.05, 3.63) is 12.2 Å². The molecule has 0 bridgehead atoms. The maximum Gasteiger partial charge on any atom is 0.246 e. The largest absolute Gasteiger partial charge is 0.356 e. The topological polar surface area (TPSA) is 49.4 Å². The molecule has 4 nitrogen and oxygen atoms in total. The first-order chi connectivity index (χ1) is 15.3. The van der Waals surface area contributed by atoms with Crippen molar-refractivity contribution in [1.82, 2.24) is 10.2 Å². The van der Waals surface area contributed by atoms with Crippen LogP contribution in [0.1, 0.15) is 90.9 Å². The Balaban J connectivity index is 1.23. The van der Waals surface area contributed by atoms with Gasteiger partial charge in [-0.15, -0.1) is 0 Å². The fraction of sp³-hybridized carbons (Fsp3) is 0.857. The maximum atomic E-state index is 12.7. The number of carbonyl (C=O) groups excluding carboxylic acids is 2. The van der Waals surface area contributed by atoms with Crippen molar-refractivity contribution in [2.75, 3.05) is 13.6 Å². The minimum absolute atomic E-state index is 0.124. The molecule has 4 heteroatoms. The van der Waals surface area contributed by atoms with Gasteiger partial charge in [-0.1, -0.05) is 39.2 Å². The molecule has 4 fully saturated rings. The smallest absolute Gasteiger partial charge is 0.246 e. The molecule has 32 heavy (non-hydrogen) atoms. The summed E-state index contributed by atoms with van der Waals surface area (Å²) >= 11 is 0. The van der Waals surface area contributed by atoms with Crippen LogP contribution in [0.25, 0.3) is 0 Å². The van der Waals surface area contributed by atoms with Gasteiger partial charge in [0.25, 0.3) is 0 Å². The van der Waals surface area contributed by atoms with Gasteiger partial charge in [0.15, 0.2) is 0 Å². The molecule has 5 aliphatic rings. The summed E-state index contributed by atoms with van der Waals surface area (Å²) in [5.41, 5.74) is 0.488. The molecule has 0 aromatic carbocycles. The molecule has 0 saturated heterocycles. The Bertz CT molecular complexity index is 771. The van der Waals surface area contributed by atoms with E-state index in [2.05, 4.69) is 25.2 Å². The van der Waals surface area contributed by atoms with E-state index in [-0.39, 0.29) is 11.3 Å². The summed E-state index contributed by atoms with van der Waals surface area (Å²) < 4.78 is 0. The van der Waals surface area contributed by atoms with Crippen LogP contribution < -0.4 is 5.32 Å². The van der Waals surface area contributed by atoms with E-state index in [9.17, 15) is 9.59 Å². The molecular formula is C28H44N2O2. The molecule has 0 spiro atoms. The second-order valence-electron chi connectivity index (χ2n) is 12.4. The molecule has 7 atom stereocenters. The van der Waals surface area contributed by atoms with Gasteiger partial charge in [-0.25, -0.2) is 0 Å². The van der Waals surface area contributed by atoms with Crippen molar-refractivity contribution >= 4 is 11.8 Å². The molecular weight excluding hydrogens is 396 g/mol. The highest BCUT2D eigenvalue weighted by Gasteiger charge is 2.60. The van der Waals surface area contributed by atoms with Gasteiger partial charge < -0.3 is 10.2 Å². The fourth-order valence-corrected chi connectivity index (χ4v) is 9.15. The lowest BCUT2D eigenvalue weighted by Gasteiger charge is -2.60. The van der Waals surface area contributed by atoms with E-state index in [1.165, 1.54) is 64.2 Å². The number of carbonyl (C=O) groups is 2. The third-order valence-corrected chi connectivity index (χ3v) is 11.1. The number of hydrogen-bond donors (Lipinski definition) is 1. The van der Waals surface area contributed by atoms with Crippen LogP contribution >= 0.6 is 0 Å². The van der Waals surface area contributed by atoms with Gasteiger partial charge >= 0.3 is 0 Å². The summed E-state index contributed by atoms with van der Waals surface area (Å²) in [6.07, 6.45) is 18.8. The van der Waals surface area contributed by atoms with Gasteiger partial charge in [-0.05, 0) is 92.4 Å².